The summed E-state index contributed by atoms with van der Waals surface area (Å²) in [6.07, 6.45) is 5.66. The SMILES string of the molecule is CN(CCc1ccccc1)CCC1CCCC1O. The molecule has 1 fully saturated rings. The van der Waals surface area contributed by atoms with Gasteiger partial charge in [-0.25, -0.2) is 0 Å². The molecule has 0 saturated heterocycles. The van der Waals surface area contributed by atoms with Gasteiger partial charge in [0.15, 0.2) is 0 Å². The van der Waals surface area contributed by atoms with Crippen molar-refractivity contribution in [3.05, 3.63) is 35.9 Å². The minimum atomic E-state index is -0.0347. The molecule has 1 aromatic rings. The van der Waals surface area contributed by atoms with Crippen LogP contribution in [-0.2, 0) is 6.42 Å². The summed E-state index contributed by atoms with van der Waals surface area (Å²) in [7, 11) is 2.18. The molecule has 2 rings (SSSR count). The average Bonchev–Trinajstić information content (AvgIpc) is 2.81. The van der Waals surface area contributed by atoms with Crippen LogP contribution in [0.2, 0.25) is 0 Å². The minimum absolute atomic E-state index is 0.0347. The fraction of sp³-hybridized carbons (Fsp3) is 0.625. The summed E-state index contributed by atoms with van der Waals surface area (Å²) >= 11 is 0. The van der Waals surface area contributed by atoms with E-state index in [4.69, 9.17) is 0 Å². The molecule has 1 aliphatic rings. The number of rotatable bonds is 6. The van der Waals surface area contributed by atoms with Crippen LogP contribution in [-0.4, -0.2) is 36.2 Å². The van der Waals surface area contributed by atoms with Crippen LogP contribution in [0.4, 0.5) is 0 Å². The number of hydrogen-bond donors (Lipinski definition) is 1. The summed E-state index contributed by atoms with van der Waals surface area (Å²) in [5.41, 5.74) is 1.41. The van der Waals surface area contributed by atoms with Crippen molar-refractivity contribution in [1.29, 1.82) is 0 Å². The molecule has 0 spiro atoms. The van der Waals surface area contributed by atoms with Gasteiger partial charge in [0.2, 0.25) is 0 Å². The maximum absolute atomic E-state index is 9.79. The van der Waals surface area contributed by atoms with Crippen LogP contribution < -0.4 is 0 Å². The van der Waals surface area contributed by atoms with Crippen molar-refractivity contribution in [2.24, 2.45) is 5.92 Å². The zero-order chi connectivity index (χ0) is 12.8. The quantitative estimate of drug-likeness (QED) is 0.835. The number of nitrogens with zero attached hydrogens (tertiary/aromatic N) is 1. The molecule has 1 aliphatic carbocycles. The molecule has 100 valence electrons. The highest BCUT2D eigenvalue weighted by molar-refractivity contribution is 5.14. The topological polar surface area (TPSA) is 23.5 Å². The third-order valence-corrected chi connectivity index (χ3v) is 4.13. The minimum Gasteiger partial charge on any atom is -0.393 e. The number of aliphatic hydroxyl groups is 1. The van der Waals surface area contributed by atoms with E-state index in [1.807, 2.05) is 0 Å². The predicted molar refractivity (Wildman–Crippen MR) is 75.6 cm³/mol. The second-order valence-electron chi connectivity index (χ2n) is 5.59. The van der Waals surface area contributed by atoms with Crippen LogP contribution in [0.15, 0.2) is 30.3 Å². The average molecular weight is 247 g/mol. The molecule has 2 nitrogen and oxygen atoms in total. The van der Waals surface area contributed by atoms with Crippen molar-refractivity contribution >= 4 is 0 Å². The summed E-state index contributed by atoms with van der Waals surface area (Å²) < 4.78 is 0. The first kappa shape index (κ1) is 13.6. The predicted octanol–water partition coefficient (Wildman–Crippen LogP) is 2.71. The monoisotopic (exact) mass is 247 g/mol. The van der Waals surface area contributed by atoms with Crippen molar-refractivity contribution in [1.82, 2.24) is 4.90 Å². The normalized spacial score (nSPS) is 23.7. The molecule has 2 atom stereocenters. The first-order chi connectivity index (χ1) is 8.75. The van der Waals surface area contributed by atoms with Crippen molar-refractivity contribution < 1.29 is 5.11 Å². The lowest BCUT2D eigenvalue weighted by molar-refractivity contribution is 0.121. The van der Waals surface area contributed by atoms with E-state index in [2.05, 4.69) is 42.3 Å². The zero-order valence-corrected chi connectivity index (χ0v) is 11.4. The molecule has 0 heterocycles. The van der Waals surface area contributed by atoms with E-state index in [-0.39, 0.29) is 6.10 Å². The van der Waals surface area contributed by atoms with E-state index in [0.717, 1.165) is 32.4 Å². The Hall–Kier alpha value is -0.860. The van der Waals surface area contributed by atoms with Gasteiger partial charge in [-0.3, -0.25) is 0 Å². The summed E-state index contributed by atoms with van der Waals surface area (Å²) in [5.74, 6) is 0.546. The highest BCUT2D eigenvalue weighted by Gasteiger charge is 2.24. The second-order valence-corrected chi connectivity index (χ2v) is 5.59. The lowest BCUT2D eigenvalue weighted by atomic mass is 10.0. The van der Waals surface area contributed by atoms with Gasteiger partial charge in [-0.1, -0.05) is 36.8 Å². The molecule has 0 aromatic heterocycles. The molecule has 0 aliphatic heterocycles. The maximum Gasteiger partial charge on any atom is 0.0568 e. The van der Waals surface area contributed by atoms with Gasteiger partial charge in [0.1, 0.15) is 0 Å². The van der Waals surface area contributed by atoms with E-state index in [0.29, 0.717) is 5.92 Å². The van der Waals surface area contributed by atoms with Crippen LogP contribution >= 0.6 is 0 Å². The molecule has 0 amide bonds. The summed E-state index contributed by atoms with van der Waals surface area (Å²) in [5, 5.41) is 9.79. The van der Waals surface area contributed by atoms with E-state index < -0.39 is 0 Å². The fourth-order valence-corrected chi connectivity index (χ4v) is 2.82. The van der Waals surface area contributed by atoms with Gasteiger partial charge in [-0.2, -0.15) is 0 Å². The van der Waals surface area contributed by atoms with Crippen LogP contribution in [0, 0.1) is 5.92 Å². The largest absolute Gasteiger partial charge is 0.393 e. The van der Waals surface area contributed by atoms with Gasteiger partial charge in [0, 0.05) is 6.54 Å². The molecule has 1 aromatic carbocycles. The van der Waals surface area contributed by atoms with Crippen LogP contribution in [0.1, 0.15) is 31.2 Å². The Morgan fingerprint density at radius 3 is 2.61 bits per heavy atom. The lowest BCUT2D eigenvalue weighted by Crippen LogP contribution is -2.26. The van der Waals surface area contributed by atoms with Gasteiger partial charge >= 0.3 is 0 Å². The molecule has 2 heteroatoms. The molecule has 0 bridgehead atoms. The second kappa shape index (κ2) is 6.91. The van der Waals surface area contributed by atoms with E-state index >= 15 is 0 Å². The van der Waals surface area contributed by atoms with Gasteiger partial charge in [-0.05, 0) is 50.8 Å². The first-order valence-electron chi connectivity index (χ1n) is 7.16. The number of hydrogen-bond acceptors (Lipinski definition) is 2. The van der Waals surface area contributed by atoms with Gasteiger partial charge < -0.3 is 10.0 Å². The Kier molecular flexibility index (Phi) is 5.21. The summed E-state index contributed by atoms with van der Waals surface area (Å²) in [6, 6.07) is 10.6. The maximum atomic E-state index is 9.79. The molecular weight excluding hydrogens is 222 g/mol. The van der Waals surface area contributed by atoms with Crippen molar-refractivity contribution in [3.63, 3.8) is 0 Å². The zero-order valence-electron chi connectivity index (χ0n) is 11.4. The standard InChI is InChI=1S/C16H25NO/c1-17(12-10-14-6-3-2-4-7-14)13-11-15-8-5-9-16(15)18/h2-4,6-7,15-16,18H,5,8-13H2,1H3. The highest BCUT2D eigenvalue weighted by Crippen LogP contribution is 2.28. The van der Waals surface area contributed by atoms with E-state index in [1.54, 1.807) is 0 Å². The molecular formula is C16H25NO. The fourth-order valence-electron chi connectivity index (χ4n) is 2.82. The van der Waals surface area contributed by atoms with Gasteiger partial charge in [0.05, 0.1) is 6.10 Å². The Morgan fingerprint density at radius 2 is 1.94 bits per heavy atom. The van der Waals surface area contributed by atoms with E-state index in [1.165, 1.54) is 18.4 Å². The number of aliphatic hydroxyl groups excluding tert-OH is 1. The molecule has 1 N–H and O–H groups in total. The summed E-state index contributed by atoms with van der Waals surface area (Å²) in [6.45, 7) is 2.21. The first-order valence-corrected chi connectivity index (χ1v) is 7.16. The van der Waals surface area contributed by atoms with Crippen LogP contribution in [0.3, 0.4) is 0 Å². The highest BCUT2D eigenvalue weighted by atomic mass is 16.3. The molecule has 0 radical (unpaired) electrons. The Morgan fingerprint density at radius 1 is 1.17 bits per heavy atom. The molecule has 2 unspecified atom stereocenters. The third kappa shape index (κ3) is 4.11. The number of benzene rings is 1. The van der Waals surface area contributed by atoms with Crippen LogP contribution in [0.5, 0.6) is 0 Å². The Balaban J connectivity index is 1.64. The van der Waals surface area contributed by atoms with Crippen LogP contribution in [0.25, 0.3) is 0 Å². The molecule has 1 saturated carbocycles. The smallest absolute Gasteiger partial charge is 0.0568 e. The van der Waals surface area contributed by atoms with Crippen molar-refractivity contribution in [2.75, 3.05) is 20.1 Å². The number of likely N-dealkylation sites (N-methyl/N-ethyl adjacent to an activating group) is 1. The summed E-state index contributed by atoms with van der Waals surface area (Å²) in [4.78, 5) is 2.39. The van der Waals surface area contributed by atoms with Gasteiger partial charge in [-0.15, -0.1) is 0 Å². The van der Waals surface area contributed by atoms with E-state index in [9.17, 15) is 5.11 Å². The Labute approximate surface area is 111 Å². The third-order valence-electron chi connectivity index (χ3n) is 4.13. The van der Waals surface area contributed by atoms with Gasteiger partial charge in [0.25, 0.3) is 0 Å². The lowest BCUT2D eigenvalue weighted by Gasteiger charge is -2.20. The Bertz CT molecular complexity index is 338. The van der Waals surface area contributed by atoms with Crippen molar-refractivity contribution in [2.45, 2.75) is 38.2 Å². The van der Waals surface area contributed by atoms with Crippen molar-refractivity contribution in [3.8, 4) is 0 Å². The molecule has 18 heavy (non-hydrogen) atoms.